The minimum absolute atomic E-state index is 0.125. The maximum absolute atomic E-state index is 13.1. The van der Waals surface area contributed by atoms with Gasteiger partial charge in [-0.05, 0) is 36.4 Å². The Morgan fingerprint density at radius 3 is 3.10 bits per heavy atom. The summed E-state index contributed by atoms with van der Waals surface area (Å²) in [4.78, 5) is 12.0. The van der Waals surface area contributed by atoms with Gasteiger partial charge < -0.3 is 14.8 Å². The first-order valence-electron chi connectivity index (χ1n) is 6.33. The molecule has 4 nitrogen and oxygen atoms in total. The third kappa shape index (κ3) is 2.66. The molecule has 1 saturated heterocycles. The van der Waals surface area contributed by atoms with Gasteiger partial charge in [-0.1, -0.05) is 0 Å². The summed E-state index contributed by atoms with van der Waals surface area (Å²) in [6.07, 6.45) is 0.670. The van der Waals surface area contributed by atoms with Crippen LogP contribution < -0.4 is 5.32 Å². The second kappa shape index (κ2) is 5.10. The molecule has 0 radical (unpaired) electrons. The summed E-state index contributed by atoms with van der Waals surface area (Å²) < 4.78 is 18.4. The van der Waals surface area contributed by atoms with Crippen molar-refractivity contribution in [3.05, 3.63) is 35.8 Å². The zero-order valence-corrected chi connectivity index (χ0v) is 11.5. The van der Waals surface area contributed by atoms with Gasteiger partial charge in [-0.2, -0.15) is 11.8 Å². The maximum Gasteiger partial charge on any atom is 0.287 e. The van der Waals surface area contributed by atoms with Crippen LogP contribution in [0.25, 0.3) is 11.0 Å². The van der Waals surface area contributed by atoms with Gasteiger partial charge in [0.2, 0.25) is 0 Å². The summed E-state index contributed by atoms with van der Waals surface area (Å²) in [5, 5.41) is 13.4. The van der Waals surface area contributed by atoms with Crippen LogP contribution >= 0.6 is 11.8 Å². The SMILES string of the molecule is O=C(NCC1(O)CCSC1)c1cc2cc(F)ccc2o1. The Hall–Kier alpha value is -1.53. The minimum atomic E-state index is -0.835. The monoisotopic (exact) mass is 295 g/mol. The van der Waals surface area contributed by atoms with E-state index in [0.717, 1.165) is 5.75 Å². The van der Waals surface area contributed by atoms with Crippen LogP contribution in [-0.2, 0) is 0 Å². The number of hydrogen-bond donors (Lipinski definition) is 2. The Kier molecular flexibility index (Phi) is 3.43. The number of benzene rings is 1. The zero-order chi connectivity index (χ0) is 14.2. The molecule has 1 atom stereocenters. The van der Waals surface area contributed by atoms with Crippen molar-refractivity contribution in [1.29, 1.82) is 0 Å². The number of carbonyl (C=O) groups excluding carboxylic acids is 1. The van der Waals surface area contributed by atoms with Crippen molar-refractivity contribution in [2.45, 2.75) is 12.0 Å². The first kappa shape index (κ1) is 13.5. The summed E-state index contributed by atoms with van der Waals surface area (Å²) in [6, 6.07) is 5.59. The van der Waals surface area contributed by atoms with Crippen LogP contribution in [0.4, 0.5) is 4.39 Å². The highest BCUT2D eigenvalue weighted by Gasteiger charge is 2.32. The van der Waals surface area contributed by atoms with E-state index in [-0.39, 0.29) is 18.1 Å². The molecule has 1 unspecified atom stereocenters. The number of nitrogens with one attached hydrogen (secondary N) is 1. The number of hydrogen-bond acceptors (Lipinski definition) is 4. The average Bonchev–Trinajstić information content (AvgIpc) is 3.02. The molecule has 1 aromatic heterocycles. The third-order valence-corrected chi connectivity index (χ3v) is 4.60. The molecule has 6 heteroatoms. The molecule has 0 saturated carbocycles. The number of fused-ring (bicyclic) bond motifs is 1. The second-order valence-corrected chi connectivity index (χ2v) is 6.11. The Labute approximate surface area is 119 Å². The molecule has 0 bridgehead atoms. The number of amides is 1. The normalized spacial score (nSPS) is 22.3. The van der Waals surface area contributed by atoms with Crippen molar-refractivity contribution in [2.75, 3.05) is 18.1 Å². The Morgan fingerprint density at radius 2 is 2.35 bits per heavy atom. The summed E-state index contributed by atoms with van der Waals surface area (Å²) >= 11 is 1.67. The second-order valence-electron chi connectivity index (χ2n) is 5.00. The fraction of sp³-hybridized carbons (Fsp3) is 0.357. The Morgan fingerprint density at radius 1 is 1.50 bits per heavy atom. The van der Waals surface area contributed by atoms with E-state index in [1.54, 1.807) is 11.8 Å². The molecule has 2 N–H and O–H groups in total. The number of carbonyl (C=O) groups is 1. The highest BCUT2D eigenvalue weighted by atomic mass is 32.2. The van der Waals surface area contributed by atoms with E-state index in [1.165, 1.54) is 24.3 Å². The van der Waals surface area contributed by atoms with E-state index in [2.05, 4.69) is 5.32 Å². The van der Waals surface area contributed by atoms with E-state index < -0.39 is 11.5 Å². The Balaban J connectivity index is 1.72. The minimum Gasteiger partial charge on any atom is -0.451 e. The van der Waals surface area contributed by atoms with Crippen LogP contribution in [0.3, 0.4) is 0 Å². The van der Waals surface area contributed by atoms with Crippen molar-refractivity contribution in [3.8, 4) is 0 Å². The molecule has 20 heavy (non-hydrogen) atoms. The van der Waals surface area contributed by atoms with Gasteiger partial charge in [-0.3, -0.25) is 4.79 Å². The third-order valence-electron chi connectivity index (χ3n) is 3.36. The highest BCUT2D eigenvalue weighted by molar-refractivity contribution is 7.99. The molecule has 0 spiro atoms. The molecule has 0 aliphatic carbocycles. The molecule has 2 heterocycles. The van der Waals surface area contributed by atoms with Gasteiger partial charge in [0, 0.05) is 17.7 Å². The smallest absolute Gasteiger partial charge is 0.287 e. The van der Waals surface area contributed by atoms with Crippen LogP contribution in [0, 0.1) is 5.82 Å². The molecule has 2 aromatic rings. The van der Waals surface area contributed by atoms with Crippen LogP contribution in [0.1, 0.15) is 17.0 Å². The zero-order valence-electron chi connectivity index (χ0n) is 10.7. The van der Waals surface area contributed by atoms with Gasteiger partial charge in [0.25, 0.3) is 5.91 Å². The summed E-state index contributed by atoms with van der Waals surface area (Å²) in [5.74, 6) is 0.879. The summed E-state index contributed by atoms with van der Waals surface area (Å²) in [7, 11) is 0. The molecular weight excluding hydrogens is 281 g/mol. The van der Waals surface area contributed by atoms with Crippen molar-refractivity contribution in [3.63, 3.8) is 0 Å². The lowest BCUT2D eigenvalue weighted by atomic mass is 10.0. The maximum atomic E-state index is 13.1. The lowest BCUT2D eigenvalue weighted by molar-refractivity contribution is 0.0603. The van der Waals surface area contributed by atoms with E-state index in [1.807, 2.05) is 0 Å². The van der Waals surface area contributed by atoms with Crippen LogP contribution in [0.5, 0.6) is 0 Å². The van der Waals surface area contributed by atoms with E-state index in [0.29, 0.717) is 23.1 Å². The molecule has 1 amide bonds. The van der Waals surface area contributed by atoms with Gasteiger partial charge in [0.05, 0.1) is 5.60 Å². The topological polar surface area (TPSA) is 62.5 Å². The number of furan rings is 1. The fourth-order valence-corrected chi connectivity index (χ4v) is 3.49. The van der Waals surface area contributed by atoms with Crippen molar-refractivity contribution in [2.24, 2.45) is 0 Å². The standard InChI is InChI=1S/C14H14FNO3S/c15-10-1-2-11-9(5-10)6-12(19-11)13(17)16-7-14(18)3-4-20-8-14/h1-2,5-6,18H,3-4,7-8H2,(H,16,17). The van der Waals surface area contributed by atoms with Crippen molar-refractivity contribution >= 4 is 28.6 Å². The van der Waals surface area contributed by atoms with E-state index in [9.17, 15) is 14.3 Å². The molecule has 3 rings (SSSR count). The number of thioether (sulfide) groups is 1. The summed E-state index contributed by atoms with van der Waals surface area (Å²) in [6.45, 7) is 0.199. The van der Waals surface area contributed by atoms with Gasteiger partial charge in [-0.15, -0.1) is 0 Å². The molecule has 1 aromatic carbocycles. The van der Waals surface area contributed by atoms with Crippen molar-refractivity contribution in [1.82, 2.24) is 5.32 Å². The predicted octanol–water partition coefficient (Wildman–Crippen LogP) is 2.17. The first-order chi connectivity index (χ1) is 9.56. The van der Waals surface area contributed by atoms with Crippen LogP contribution in [-0.4, -0.2) is 34.7 Å². The van der Waals surface area contributed by atoms with Crippen molar-refractivity contribution < 1.29 is 18.7 Å². The summed E-state index contributed by atoms with van der Waals surface area (Å²) in [5.41, 5.74) is -0.370. The van der Waals surface area contributed by atoms with E-state index in [4.69, 9.17) is 4.42 Å². The van der Waals surface area contributed by atoms with E-state index >= 15 is 0 Å². The number of halogens is 1. The molecular formula is C14H14FNO3S. The van der Waals surface area contributed by atoms with Gasteiger partial charge in [-0.25, -0.2) is 4.39 Å². The molecule has 1 fully saturated rings. The fourth-order valence-electron chi connectivity index (χ4n) is 2.19. The molecule has 1 aliphatic rings. The first-order valence-corrected chi connectivity index (χ1v) is 7.49. The number of aliphatic hydroxyl groups is 1. The van der Waals surface area contributed by atoms with Gasteiger partial charge in [0.15, 0.2) is 5.76 Å². The van der Waals surface area contributed by atoms with Crippen LogP contribution in [0.15, 0.2) is 28.7 Å². The van der Waals surface area contributed by atoms with Crippen LogP contribution in [0.2, 0.25) is 0 Å². The quantitative estimate of drug-likeness (QED) is 0.911. The Bertz CT molecular complexity index is 649. The largest absolute Gasteiger partial charge is 0.451 e. The predicted molar refractivity (Wildman–Crippen MR) is 75.4 cm³/mol. The lowest BCUT2D eigenvalue weighted by Crippen LogP contribution is -2.42. The molecule has 1 aliphatic heterocycles. The van der Waals surface area contributed by atoms with Gasteiger partial charge in [0.1, 0.15) is 11.4 Å². The highest BCUT2D eigenvalue weighted by Crippen LogP contribution is 2.27. The molecule has 106 valence electrons. The van der Waals surface area contributed by atoms with Gasteiger partial charge >= 0.3 is 0 Å². The lowest BCUT2D eigenvalue weighted by Gasteiger charge is -2.20. The number of rotatable bonds is 3. The average molecular weight is 295 g/mol.